The Bertz CT molecular complexity index is 1170. The Morgan fingerprint density at radius 1 is 1.16 bits per heavy atom. The van der Waals surface area contributed by atoms with Crippen LogP contribution in [0.4, 0.5) is 0 Å². The van der Waals surface area contributed by atoms with Crippen LogP contribution in [0.2, 0.25) is 10.0 Å². The molecule has 4 aromatic rings. The summed E-state index contributed by atoms with van der Waals surface area (Å²) in [4.78, 5) is 16.8. The first kappa shape index (κ1) is 16.4. The van der Waals surface area contributed by atoms with Crippen molar-refractivity contribution in [3.8, 4) is 0 Å². The fourth-order valence-electron chi connectivity index (χ4n) is 2.52. The Balaban J connectivity index is 1.69. The Morgan fingerprint density at radius 2 is 2.00 bits per heavy atom. The largest absolute Gasteiger partial charge is 0.275 e. The van der Waals surface area contributed by atoms with Gasteiger partial charge in [-0.3, -0.25) is 13.6 Å². The second-order valence-electron chi connectivity index (χ2n) is 5.44. The molecule has 0 bridgehead atoms. The van der Waals surface area contributed by atoms with E-state index in [1.165, 1.54) is 22.2 Å². The van der Waals surface area contributed by atoms with E-state index in [0.29, 0.717) is 37.9 Å². The summed E-state index contributed by atoms with van der Waals surface area (Å²) < 4.78 is 3.27. The lowest BCUT2D eigenvalue weighted by atomic mass is 10.3. The molecular formula is C16H11Cl2N5OS. The zero-order valence-electron chi connectivity index (χ0n) is 13.0. The lowest BCUT2D eigenvalue weighted by Crippen LogP contribution is -2.15. The van der Waals surface area contributed by atoms with Gasteiger partial charge in [0.25, 0.3) is 5.56 Å². The minimum atomic E-state index is -0.110. The van der Waals surface area contributed by atoms with Crippen LogP contribution in [-0.4, -0.2) is 24.0 Å². The molecule has 0 aliphatic carbocycles. The highest BCUT2D eigenvalue weighted by molar-refractivity contribution is 7.98. The Hall–Kier alpha value is -2.09. The third-order valence-corrected chi connectivity index (χ3v) is 5.15. The molecule has 4 rings (SSSR count). The lowest BCUT2D eigenvalue weighted by molar-refractivity contribution is 0.918. The topological polar surface area (TPSA) is 64.6 Å². The minimum absolute atomic E-state index is 0.110. The lowest BCUT2D eigenvalue weighted by Gasteiger charge is -2.06. The van der Waals surface area contributed by atoms with Crippen molar-refractivity contribution in [2.24, 2.45) is 0 Å². The van der Waals surface area contributed by atoms with Crippen LogP contribution in [0.1, 0.15) is 11.3 Å². The number of hydrogen-bond acceptors (Lipinski definition) is 5. The van der Waals surface area contributed by atoms with Crippen molar-refractivity contribution in [1.82, 2.24) is 24.0 Å². The summed E-state index contributed by atoms with van der Waals surface area (Å²) in [5, 5.41) is 9.77. The highest BCUT2D eigenvalue weighted by atomic mass is 35.5. The van der Waals surface area contributed by atoms with E-state index in [0.717, 1.165) is 5.56 Å². The molecule has 0 aliphatic rings. The zero-order valence-corrected chi connectivity index (χ0v) is 15.3. The summed E-state index contributed by atoms with van der Waals surface area (Å²) in [7, 11) is 0. The first-order chi connectivity index (χ1) is 12.0. The van der Waals surface area contributed by atoms with Gasteiger partial charge >= 0.3 is 0 Å². The number of halogens is 2. The number of nitrogens with zero attached hydrogens (tertiary/aromatic N) is 5. The molecule has 0 radical (unpaired) electrons. The number of aryl methyl sites for hydroxylation is 1. The summed E-state index contributed by atoms with van der Waals surface area (Å²) >= 11 is 13.6. The van der Waals surface area contributed by atoms with Gasteiger partial charge in [-0.1, -0.05) is 41.0 Å². The summed E-state index contributed by atoms with van der Waals surface area (Å²) in [6.07, 6.45) is 3.42. The molecule has 25 heavy (non-hydrogen) atoms. The van der Waals surface area contributed by atoms with E-state index < -0.39 is 0 Å². The van der Waals surface area contributed by atoms with Crippen molar-refractivity contribution in [3.05, 3.63) is 68.3 Å². The fourth-order valence-corrected chi connectivity index (χ4v) is 3.83. The first-order valence-corrected chi connectivity index (χ1v) is 9.07. The average Bonchev–Trinajstić information content (AvgIpc) is 2.97. The van der Waals surface area contributed by atoms with Crippen LogP contribution < -0.4 is 5.56 Å². The zero-order chi connectivity index (χ0) is 17.6. The third-order valence-electron chi connectivity index (χ3n) is 3.68. The van der Waals surface area contributed by atoms with Crippen molar-refractivity contribution in [3.63, 3.8) is 0 Å². The van der Waals surface area contributed by atoms with Gasteiger partial charge in [0.2, 0.25) is 0 Å². The van der Waals surface area contributed by atoms with Crippen LogP contribution in [0.3, 0.4) is 0 Å². The molecule has 9 heteroatoms. The molecule has 0 aliphatic heterocycles. The number of pyridine rings is 2. The Morgan fingerprint density at radius 3 is 2.84 bits per heavy atom. The number of hydrogen-bond donors (Lipinski definition) is 0. The maximum Gasteiger partial charge on any atom is 0.258 e. The van der Waals surface area contributed by atoms with E-state index >= 15 is 0 Å². The maximum absolute atomic E-state index is 12.3. The van der Waals surface area contributed by atoms with Gasteiger partial charge in [-0.05, 0) is 24.6 Å². The quantitative estimate of drug-likeness (QED) is 0.498. The van der Waals surface area contributed by atoms with E-state index in [4.69, 9.17) is 23.2 Å². The normalized spacial score (nSPS) is 11.5. The summed E-state index contributed by atoms with van der Waals surface area (Å²) in [5.74, 6) is 0.477. The van der Waals surface area contributed by atoms with Gasteiger partial charge in [0.15, 0.2) is 10.8 Å². The monoisotopic (exact) mass is 391 g/mol. The van der Waals surface area contributed by atoms with Crippen LogP contribution >= 0.6 is 35.0 Å². The standard InChI is InChI=1S/C16H11Cl2N5OS/c1-9-3-2-4-22-13(24)6-11(19-14(9)22)8-25-16-21-20-15-12(18)5-10(17)7-23(15)16/h2-7H,8H2,1H3. The number of fused-ring (bicyclic) bond motifs is 2. The molecule has 0 spiro atoms. The average molecular weight is 392 g/mol. The maximum atomic E-state index is 12.3. The van der Waals surface area contributed by atoms with Gasteiger partial charge in [0.1, 0.15) is 5.65 Å². The number of aromatic nitrogens is 5. The Labute approximate surface area is 156 Å². The molecule has 0 aromatic carbocycles. The molecule has 126 valence electrons. The second-order valence-corrected chi connectivity index (χ2v) is 7.23. The van der Waals surface area contributed by atoms with Gasteiger partial charge in [-0.25, -0.2) is 4.98 Å². The molecule has 0 saturated carbocycles. The summed E-state index contributed by atoms with van der Waals surface area (Å²) in [5.41, 5.74) is 2.70. The summed E-state index contributed by atoms with van der Waals surface area (Å²) in [6, 6.07) is 6.91. The van der Waals surface area contributed by atoms with Crippen molar-refractivity contribution in [2.75, 3.05) is 0 Å². The summed E-state index contributed by atoms with van der Waals surface area (Å²) in [6.45, 7) is 1.93. The Kier molecular flexibility index (Phi) is 4.15. The molecule has 0 amide bonds. The van der Waals surface area contributed by atoms with Gasteiger partial charge in [-0.15, -0.1) is 10.2 Å². The van der Waals surface area contributed by atoms with Gasteiger partial charge < -0.3 is 0 Å². The van der Waals surface area contributed by atoms with Crippen LogP contribution in [0.5, 0.6) is 0 Å². The molecule has 0 fully saturated rings. The second kappa shape index (κ2) is 6.33. The molecule has 6 nitrogen and oxygen atoms in total. The number of thioether (sulfide) groups is 1. The number of rotatable bonds is 3. The van der Waals surface area contributed by atoms with Crippen molar-refractivity contribution >= 4 is 46.3 Å². The van der Waals surface area contributed by atoms with Crippen LogP contribution in [0.25, 0.3) is 11.3 Å². The minimum Gasteiger partial charge on any atom is -0.275 e. The smallest absolute Gasteiger partial charge is 0.258 e. The SMILES string of the molecule is Cc1cccn2c(=O)cc(CSc3nnc4c(Cl)cc(Cl)cn34)nc12. The molecule has 0 saturated heterocycles. The molecule has 4 heterocycles. The van der Waals surface area contributed by atoms with Gasteiger partial charge in [0, 0.05) is 24.2 Å². The predicted octanol–water partition coefficient (Wildman–Crippen LogP) is 3.64. The van der Waals surface area contributed by atoms with Gasteiger partial charge in [0.05, 0.1) is 15.7 Å². The van der Waals surface area contributed by atoms with E-state index in [1.54, 1.807) is 22.9 Å². The van der Waals surface area contributed by atoms with Crippen molar-refractivity contribution in [2.45, 2.75) is 17.8 Å². The molecule has 4 aromatic heterocycles. The molecular weight excluding hydrogens is 381 g/mol. The van der Waals surface area contributed by atoms with Crippen LogP contribution in [0, 0.1) is 6.92 Å². The first-order valence-electron chi connectivity index (χ1n) is 7.33. The molecule has 0 N–H and O–H groups in total. The third kappa shape index (κ3) is 2.99. The van der Waals surface area contributed by atoms with E-state index in [-0.39, 0.29) is 5.56 Å². The van der Waals surface area contributed by atoms with E-state index in [1.807, 2.05) is 19.1 Å². The predicted molar refractivity (Wildman–Crippen MR) is 98.8 cm³/mol. The van der Waals surface area contributed by atoms with Crippen molar-refractivity contribution in [1.29, 1.82) is 0 Å². The highest BCUT2D eigenvalue weighted by Crippen LogP contribution is 2.26. The van der Waals surface area contributed by atoms with Gasteiger partial charge in [-0.2, -0.15) is 0 Å². The van der Waals surface area contributed by atoms with Crippen molar-refractivity contribution < 1.29 is 0 Å². The van der Waals surface area contributed by atoms with Crippen LogP contribution in [-0.2, 0) is 5.75 Å². The highest BCUT2D eigenvalue weighted by Gasteiger charge is 2.12. The molecule has 0 atom stereocenters. The fraction of sp³-hybridized carbons (Fsp3) is 0.125. The molecule has 0 unspecified atom stereocenters. The van der Waals surface area contributed by atoms with E-state index in [2.05, 4.69) is 15.2 Å². The van der Waals surface area contributed by atoms with E-state index in [9.17, 15) is 4.79 Å². The van der Waals surface area contributed by atoms with Crippen LogP contribution in [0.15, 0.2) is 46.6 Å².